The van der Waals surface area contributed by atoms with Crippen molar-refractivity contribution < 1.29 is 23.9 Å². The van der Waals surface area contributed by atoms with E-state index in [2.05, 4.69) is 5.32 Å². The number of benzene rings is 1. The van der Waals surface area contributed by atoms with Gasteiger partial charge in [0.2, 0.25) is 0 Å². The van der Waals surface area contributed by atoms with Gasteiger partial charge in [0.1, 0.15) is 5.57 Å². The summed E-state index contributed by atoms with van der Waals surface area (Å²) in [7, 11) is 0. The minimum absolute atomic E-state index is 0.0548. The number of Topliss-reactive ketones (excluding diaryl/α,β-unsaturated/α-hetero) is 1. The lowest BCUT2D eigenvalue weighted by Crippen LogP contribution is -2.18. The highest BCUT2D eigenvalue weighted by molar-refractivity contribution is 6.38. The van der Waals surface area contributed by atoms with Gasteiger partial charge in [0.25, 0.3) is 0 Å². The van der Waals surface area contributed by atoms with Crippen LogP contribution in [0.25, 0.3) is 0 Å². The molecular weight excluding hydrogens is 369 g/mol. The number of halogens is 2. The van der Waals surface area contributed by atoms with Crippen LogP contribution >= 0.6 is 23.2 Å². The lowest BCUT2D eigenvalue weighted by atomic mass is 10.1. The lowest BCUT2D eigenvalue weighted by Gasteiger charge is -2.12. The monoisotopic (exact) mass is 387 g/mol. The molecule has 0 aromatic heterocycles. The summed E-state index contributed by atoms with van der Waals surface area (Å²) in [6.07, 6.45) is 0.792. The number of nitrogens with one attached hydrogen (secondary N) is 1. The van der Waals surface area contributed by atoms with Gasteiger partial charge in [0.15, 0.2) is 5.78 Å². The summed E-state index contributed by atoms with van der Waals surface area (Å²) >= 11 is 12.2. The van der Waals surface area contributed by atoms with E-state index in [1.54, 1.807) is 20.8 Å². The smallest absolute Gasteiger partial charge is 0.343 e. The number of rotatable bonds is 7. The standard InChI is InChI=1S/C17H19Cl2NO5/c1-5-24-16(22)12-6-11(18)7-14(15(12)19)20-8-13(10(4)21)17(23)25-9(2)3/h6-9,20H,5H2,1-4H3. The van der Waals surface area contributed by atoms with Gasteiger partial charge in [-0.05, 0) is 39.8 Å². The van der Waals surface area contributed by atoms with Crippen LogP contribution in [0.15, 0.2) is 23.9 Å². The highest BCUT2D eigenvalue weighted by atomic mass is 35.5. The Balaban J connectivity index is 3.18. The van der Waals surface area contributed by atoms with E-state index in [0.717, 1.165) is 0 Å². The average molecular weight is 388 g/mol. The number of ether oxygens (including phenoxy) is 2. The molecule has 136 valence electrons. The van der Waals surface area contributed by atoms with Gasteiger partial charge < -0.3 is 14.8 Å². The Kier molecular flexibility index (Phi) is 7.93. The van der Waals surface area contributed by atoms with E-state index in [9.17, 15) is 14.4 Å². The summed E-state index contributed by atoms with van der Waals surface area (Å²) < 4.78 is 9.92. The van der Waals surface area contributed by atoms with Gasteiger partial charge in [-0.1, -0.05) is 23.2 Å². The Morgan fingerprint density at radius 3 is 2.40 bits per heavy atom. The quantitative estimate of drug-likeness (QED) is 0.329. The number of hydrogen-bond acceptors (Lipinski definition) is 6. The zero-order valence-electron chi connectivity index (χ0n) is 14.3. The fourth-order valence-electron chi connectivity index (χ4n) is 1.78. The molecule has 25 heavy (non-hydrogen) atoms. The van der Waals surface area contributed by atoms with Crippen molar-refractivity contribution in [2.45, 2.75) is 33.8 Å². The summed E-state index contributed by atoms with van der Waals surface area (Å²) in [5, 5.41) is 3.01. The number of esters is 2. The average Bonchev–Trinajstić information content (AvgIpc) is 2.49. The molecule has 0 fully saturated rings. The molecule has 0 bridgehead atoms. The fraction of sp³-hybridized carbons (Fsp3) is 0.353. The molecule has 0 aliphatic heterocycles. The van der Waals surface area contributed by atoms with Gasteiger partial charge in [0, 0.05) is 11.2 Å². The van der Waals surface area contributed by atoms with Gasteiger partial charge in [-0.25, -0.2) is 9.59 Å². The van der Waals surface area contributed by atoms with E-state index in [1.165, 1.54) is 25.3 Å². The predicted molar refractivity (Wildman–Crippen MR) is 96.0 cm³/mol. The van der Waals surface area contributed by atoms with Gasteiger partial charge in [0.05, 0.1) is 29.0 Å². The number of carbonyl (C=O) groups is 3. The molecule has 0 aliphatic carbocycles. The van der Waals surface area contributed by atoms with Crippen LogP contribution in [0.4, 0.5) is 5.69 Å². The molecule has 0 atom stereocenters. The largest absolute Gasteiger partial charge is 0.462 e. The van der Waals surface area contributed by atoms with Crippen molar-refractivity contribution in [3.05, 3.63) is 39.5 Å². The molecule has 1 rings (SSSR count). The van der Waals surface area contributed by atoms with Gasteiger partial charge in [-0.2, -0.15) is 0 Å². The molecule has 1 aromatic carbocycles. The van der Waals surface area contributed by atoms with Crippen LogP contribution in [0.5, 0.6) is 0 Å². The third-order valence-electron chi connectivity index (χ3n) is 2.85. The van der Waals surface area contributed by atoms with Crippen molar-refractivity contribution in [1.82, 2.24) is 0 Å². The third kappa shape index (κ3) is 6.07. The maximum Gasteiger partial charge on any atom is 0.343 e. The zero-order chi connectivity index (χ0) is 19.1. The highest BCUT2D eigenvalue weighted by Gasteiger charge is 2.19. The Labute approximate surface area is 156 Å². The minimum Gasteiger partial charge on any atom is -0.462 e. The first-order valence-corrected chi connectivity index (χ1v) is 8.27. The highest BCUT2D eigenvalue weighted by Crippen LogP contribution is 2.31. The normalized spacial score (nSPS) is 11.2. The Hall–Kier alpha value is -2.05. The van der Waals surface area contributed by atoms with E-state index in [0.29, 0.717) is 0 Å². The predicted octanol–water partition coefficient (Wildman–Crippen LogP) is 4.01. The summed E-state index contributed by atoms with van der Waals surface area (Å²) in [6.45, 7) is 6.42. The van der Waals surface area contributed by atoms with Gasteiger partial charge >= 0.3 is 11.9 Å². The third-order valence-corrected chi connectivity index (χ3v) is 3.47. The molecule has 0 unspecified atom stereocenters. The summed E-state index contributed by atoms with van der Waals surface area (Å²) in [6, 6.07) is 2.82. The van der Waals surface area contributed by atoms with E-state index in [-0.39, 0.29) is 39.6 Å². The molecular formula is C17H19Cl2NO5. The van der Waals surface area contributed by atoms with Crippen molar-refractivity contribution in [2.24, 2.45) is 0 Å². The Morgan fingerprint density at radius 1 is 1.24 bits per heavy atom. The summed E-state index contributed by atoms with van der Waals surface area (Å²) in [4.78, 5) is 35.5. The van der Waals surface area contributed by atoms with Crippen LogP contribution in [0.3, 0.4) is 0 Å². The fourth-order valence-corrected chi connectivity index (χ4v) is 2.24. The first-order chi connectivity index (χ1) is 11.7. The van der Waals surface area contributed by atoms with Crippen LogP contribution in [-0.2, 0) is 19.1 Å². The molecule has 8 heteroatoms. The molecule has 0 amide bonds. The molecule has 0 saturated heterocycles. The van der Waals surface area contributed by atoms with Crippen LogP contribution < -0.4 is 5.32 Å². The van der Waals surface area contributed by atoms with Gasteiger partial charge in [-0.3, -0.25) is 4.79 Å². The van der Waals surface area contributed by atoms with Crippen LogP contribution in [0, 0.1) is 0 Å². The van der Waals surface area contributed by atoms with Crippen molar-refractivity contribution in [2.75, 3.05) is 11.9 Å². The van der Waals surface area contributed by atoms with Crippen LogP contribution in [-0.4, -0.2) is 30.4 Å². The molecule has 1 N–H and O–H groups in total. The van der Waals surface area contributed by atoms with E-state index in [4.69, 9.17) is 32.7 Å². The SMILES string of the molecule is CCOC(=O)c1cc(Cl)cc(NC=C(C(C)=O)C(=O)OC(C)C)c1Cl. The van der Waals surface area contributed by atoms with Crippen LogP contribution in [0.2, 0.25) is 10.0 Å². The lowest BCUT2D eigenvalue weighted by molar-refractivity contribution is -0.143. The van der Waals surface area contributed by atoms with Crippen molar-refractivity contribution in [3.8, 4) is 0 Å². The molecule has 0 saturated carbocycles. The van der Waals surface area contributed by atoms with E-state index < -0.39 is 17.7 Å². The second-order valence-electron chi connectivity index (χ2n) is 5.25. The molecule has 6 nitrogen and oxygen atoms in total. The maximum absolute atomic E-state index is 11.9. The van der Waals surface area contributed by atoms with Crippen molar-refractivity contribution >= 4 is 46.6 Å². The molecule has 0 heterocycles. The summed E-state index contributed by atoms with van der Waals surface area (Å²) in [5.41, 5.74) is 0.122. The van der Waals surface area contributed by atoms with Crippen molar-refractivity contribution in [1.29, 1.82) is 0 Å². The number of ketones is 1. The molecule has 0 spiro atoms. The van der Waals surface area contributed by atoms with E-state index >= 15 is 0 Å². The molecule has 0 aliphatic rings. The zero-order valence-corrected chi connectivity index (χ0v) is 15.8. The van der Waals surface area contributed by atoms with E-state index in [1.807, 2.05) is 0 Å². The first kappa shape index (κ1) is 21.0. The summed E-state index contributed by atoms with van der Waals surface area (Å²) in [5.74, 6) is -1.88. The van der Waals surface area contributed by atoms with Crippen molar-refractivity contribution in [3.63, 3.8) is 0 Å². The number of anilines is 1. The second-order valence-corrected chi connectivity index (χ2v) is 6.06. The number of hydrogen-bond donors (Lipinski definition) is 1. The Bertz CT molecular complexity index is 713. The molecule has 0 radical (unpaired) electrons. The maximum atomic E-state index is 11.9. The minimum atomic E-state index is -0.765. The Morgan fingerprint density at radius 2 is 1.88 bits per heavy atom. The first-order valence-electron chi connectivity index (χ1n) is 7.52. The topological polar surface area (TPSA) is 81.7 Å². The van der Waals surface area contributed by atoms with Crippen LogP contribution in [0.1, 0.15) is 38.1 Å². The van der Waals surface area contributed by atoms with Gasteiger partial charge in [-0.15, -0.1) is 0 Å². The molecule has 1 aromatic rings. The number of carbonyl (C=O) groups excluding carboxylic acids is 3. The second kappa shape index (κ2) is 9.44.